The van der Waals surface area contributed by atoms with Crippen molar-refractivity contribution in [2.45, 2.75) is 69.7 Å². The van der Waals surface area contributed by atoms with Crippen LogP contribution in [0.4, 0.5) is 0 Å². The van der Waals surface area contributed by atoms with Crippen molar-refractivity contribution in [3.63, 3.8) is 0 Å². The van der Waals surface area contributed by atoms with E-state index in [9.17, 15) is 18.3 Å². The van der Waals surface area contributed by atoms with Gasteiger partial charge in [-0.1, -0.05) is 56.9 Å². The van der Waals surface area contributed by atoms with Crippen LogP contribution in [0, 0.1) is 18.8 Å². The fourth-order valence-corrected chi connectivity index (χ4v) is 7.60. The maximum Gasteiger partial charge on any atom is 0.309 e. The number of hydrogen-bond acceptors (Lipinski definition) is 4. The Morgan fingerprint density at radius 3 is 2.47 bits per heavy atom. The predicted octanol–water partition coefficient (Wildman–Crippen LogP) is 4.98. The van der Waals surface area contributed by atoms with Gasteiger partial charge in [0.25, 0.3) is 0 Å². The monoisotopic (exact) mass is 509 g/mol. The molecule has 0 bridgehead atoms. The molecule has 1 N–H and O–H groups in total. The Labute approximate surface area is 213 Å². The molecule has 1 aromatic heterocycles. The standard InChI is InChI=1S/C28H35N3O4S/c1-3-20-9-11-23(12-10-20)36(34,35)30-17-22(15-21-6-4-5-7-21)27(18-30)31-26-14-19(2)8-13-24(26)25(29-31)16-28(32)33/h8-14,21-22,27H,3-7,15-18H2,1-2H3,(H,32,33)/t22-,27+/m1/s1. The number of nitrogens with zero attached hydrogens (tertiary/aromatic N) is 3. The number of aryl methyl sites for hydroxylation is 2. The number of aliphatic carboxylic acids is 1. The summed E-state index contributed by atoms with van der Waals surface area (Å²) in [5.41, 5.74) is 3.60. The molecule has 2 heterocycles. The third-order valence-electron chi connectivity index (χ3n) is 8.03. The number of rotatable bonds is 8. The zero-order valence-corrected chi connectivity index (χ0v) is 21.9. The molecule has 2 fully saturated rings. The summed E-state index contributed by atoms with van der Waals surface area (Å²) in [5.74, 6) is -0.194. The van der Waals surface area contributed by atoms with Crippen LogP contribution in [0.2, 0.25) is 0 Å². The third-order valence-corrected chi connectivity index (χ3v) is 9.87. The molecule has 8 heteroatoms. The number of carboxylic acid groups (broad SMARTS) is 1. The summed E-state index contributed by atoms with van der Waals surface area (Å²) in [6, 6.07) is 13.0. The summed E-state index contributed by atoms with van der Waals surface area (Å²) < 4.78 is 30.9. The largest absolute Gasteiger partial charge is 0.481 e. The predicted molar refractivity (Wildman–Crippen MR) is 139 cm³/mol. The normalized spacial score (nSPS) is 21.5. The molecule has 1 aliphatic heterocycles. The molecule has 0 radical (unpaired) electrons. The number of benzene rings is 2. The second kappa shape index (κ2) is 9.98. The maximum atomic E-state index is 13.7. The van der Waals surface area contributed by atoms with E-state index < -0.39 is 16.0 Å². The van der Waals surface area contributed by atoms with Crippen molar-refractivity contribution in [1.82, 2.24) is 14.1 Å². The first kappa shape index (κ1) is 25.0. The zero-order valence-electron chi connectivity index (χ0n) is 21.1. The van der Waals surface area contributed by atoms with Crippen LogP contribution in [0.3, 0.4) is 0 Å². The number of fused-ring (bicyclic) bond motifs is 1. The van der Waals surface area contributed by atoms with E-state index in [0.29, 0.717) is 29.6 Å². The highest BCUT2D eigenvalue weighted by atomic mass is 32.2. The van der Waals surface area contributed by atoms with Gasteiger partial charge in [0, 0.05) is 18.5 Å². The summed E-state index contributed by atoms with van der Waals surface area (Å²) in [6.45, 7) is 4.86. The lowest BCUT2D eigenvalue weighted by Gasteiger charge is -2.22. The fourth-order valence-electron chi connectivity index (χ4n) is 6.08. The molecule has 0 spiro atoms. The molecule has 1 saturated heterocycles. The van der Waals surface area contributed by atoms with Crippen LogP contribution < -0.4 is 0 Å². The van der Waals surface area contributed by atoms with E-state index in [-0.39, 0.29) is 18.4 Å². The molecule has 3 aromatic rings. The molecular formula is C28H35N3O4S. The molecule has 36 heavy (non-hydrogen) atoms. The minimum absolute atomic E-state index is 0.124. The SMILES string of the molecule is CCc1ccc(S(=O)(=O)N2C[C@@H](CC3CCCC3)[C@@H](n3nc(CC(=O)O)c4ccc(C)cc43)C2)cc1. The molecule has 192 valence electrons. The summed E-state index contributed by atoms with van der Waals surface area (Å²) in [4.78, 5) is 11.9. The fraction of sp³-hybridized carbons (Fsp3) is 0.500. The summed E-state index contributed by atoms with van der Waals surface area (Å²) in [5, 5.41) is 15.1. The van der Waals surface area contributed by atoms with Crippen molar-refractivity contribution in [1.29, 1.82) is 0 Å². The maximum absolute atomic E-state index is 13.7. The lowest BCUT2D eigenvalue weighted by Crippen LogP contribution is -2.29. The quantitative estimate of drug-likeness (QED) is 0.463. The van der Waals surface area contributed by atoms with Crippen LogP contribution in [0.25, 0.3) is 10.9 Å². The number of carbonyl (C=O) groups is 1. The molecule has 2 aliphatic rings. The second-order valence-electron chi connectivity index (χ2n) is 10.5. The number of carboxylic acids is 1. The summed E-state index contributed by atoms with van der Waals surface area (Å²) in [7, 11) is -3.65. The van der Waals surface area contributed by atoms with Crippen molar-refractivity contribution in [3.8, 4) is 0 Å². The minimum atomic E-state index is -3.65. The molecule has 5 rings (SSSR count). The van der Waals surface area contributed by atoms with Crippen LogP contribution in [-0.4, -0.2) is 46.7 Å². The van der Waals surface area contributed by atoms with Gasteiger partial charge >= 0.3 is 5.97 Å². The Balaban J connectivity index is 1.53. The van der Waals surface area contributed by atoms with Crippen molar-refractivity contribution >= 4 is 26.9 Å². The average molecular weight is 510 g/mol. The van der Waals surface area contributed by atoms with E-state index in [4.69, 9.17) is 5.10 Å². The lowest BCUT2D eigenvalue weighted by molar-refractivity contribution is -0.136. The Hall–Kier alpha value is -2.71. The smallest absolute Gasteiger partial charge is 0.309 e. The van der Waals surface area contributed by atoms with E-state index >= 15 is 0 Å². The first-order valence-corrected chi connectivity index (χ1v) is 14.5. The lowest BCUT2D eigenvalue weighted by atomic mass is 9.90. The van der Waals surface area contributed by atoms with Gasteiger partial charge in [-0.05, 0) is 60.9 Å². The molecule has 2 atom stereocenters. The van der Waals surface area contributed by atoms with Crippen LogP contribution >= 0.6 is 0 Å². The summed E-state index contributed by atoms with van der Waals surface area (Å²) in [6.07, 6.45) is 6.53. The van der Waals surface area contributed by atoms with Gasteiger partial charge in [-0.3, -0.25) is 9.48 Å². The van der Waals surface area contributed by atoms with E-state index in [0.717, 1.165) is 34.9 Å². The van der Waals surface area contributed by atoms with Gasteiger partial charge in [-0.25, -0.2) is 8.42 Å². The van der Waals surface area contributed by atoms with E-state index in [1.165, 1.54) is 25.7 Å². The van der Waals surface area contributed by atoms with Gasteiger partial charge in [-0.15, -0.1) is 0 Å². The highest BCUT2D eigenvalue weighted by Gasteiger charge is 2.42. The van der Waals surface area contributed by atoms with Crippen LogP contribution in [-0.2, 0) is 27.7 Å². The average Bonchev–Trinajstić information content (AvgIpc) is 3.59. The van der Waals surface area contributed by atoms with Crippen molar-refractivity contribution in [2.24, 2.45) is 11.8 Å². The Morgan fingerprint density at radius 2 is 1.81 bits per heavy atom. The molecule has 0 unspecified atom stereocenters. The van der Waals surface area contributed by atoms with Crippen molar-refractivity contribution < 1.29 is 18.3 Å². The molecule has 2 aromatic carbocycles. The Morgan fingerprint density at radius 1 is 1.08 bits per heavy atom. The molecule has 0 amide bonds. The molecule has 7 nitrogen and oxygen atoms in total. The zero-order chi connectivity index (χ0) is 25.4. The first-order valence-electron chi connectivity index (χ1n) is 13.0. The highest BCUT2D eigenvalue weighted by Crippen LogP contribution is 2.41. The molecule has 1 saturated carbocycles. The number of hydrogen-bond donors (Lipinski definition) is 1. The number of sulfonamides is 1. The third kappa shape index (κ3) is 4.81. The summed E-state index contributed by atoms with van der Waals surface area (Å²) >= 11 is 0. The second-order valence-corrected chi connectivity index (χ2v) is 12.5. The van der Waals surface area contributed by atoms with E-state index in [1.54, 1.807) is 16.4 Å². The van der Waals surface area contributed by atoms with Gasteiger partial charge in [0.05, 0.1) is 28.6 Å². The van der Waals surface area contributed by atoms with Crippen LogP contribution in [0.15, 0.2) is 47.4 Å². The van der Waals surface area contributed by atoms with Crippen molar-refractivity contribution in [3.05, 3.63) is 59.3 Å². The minimum Gasteiger partial charge on any atom is -0.481 e. The van der Waals surface area contributed by atoms with Gasteiger partial charge < -0.3 is 5.11 Å². The first-order chi connectivity index (χ1) is 17.3. The topological polar surface area (TPSA) is 92.5 Å². The van der Waals surface area contributed by atoms with E-state index in [2.05, 4.69) is 6.92 Å². The van der Waals surface area contributed by atoms with E-state index in [1.807, 2.05) is 41.9 Å². The molecular weight excluding hydrogens is 474 g/mol. The van der Waals surface area contributed by atoms with Gasteiger partial charge in [0.1, 0.15) is 0 Å². The Kier molecular flexibility index (Phi) is 6.92. The van der Waals surface area contributed by atoms with Gasteiger partial charge in [0.15, 0.2) is 0 Å². The van der Waals surface area contributed by atoms with Gasteiger partial charge in [-0.2, -0.15) is 9.40 Å². The Bertz CT molecular complexity index is 1360. The van der Waals surface area contributed by atoms with Crippen LogP contribution in [0.5, 0.6) is 0 Å². The van der Waals surface area contributed by atoms with Crippen molar-refractivity contribution in [2.75, 3.05) is 13.1 Å². The van der Waals surface area contributed by atoms with Crippen LogP contribution in [0.1, 0.15) is 61.9 Å². The molecule has 1 aliphatic carbocycles. The number of aromatic nitrogens is 2. The van der Waals surface area contributed by atoms with Gasteiger partial charge in [0.2, 0.25) is 10.0 Å². The highest BCUT2D eigenvalue weighted by molar-refractivity contribution is 7.89.